The van der Waals surface area contributed by atoms with E-state index in [0.29, 0.717) is 5.92 Å². The van der Waals surface area contributed by atoms with E-state index in [0.717, 1.165) is 29.6 Å². The molecule has 0 aromatic carbocycles. The van der Waals surface area contributed by atoms with Crippen molar-refractivity contribution in [3.63, 3.8) is 0 Å². The summed E-state index contributed by atoms with van der Waals surface area (Å²) in [6.07, 6.45) is 6.44. The van der Waals surface area contributed by atoms with Crippen LogP contribution in [0.3, 0.4) is 0 Å². The first-order valence-electron chi connectivity index (χ1n) is 9.76. The van der Waals surface area contributed by atoms with Crippen LogP contribution in [-0.4, -0.2) is 58.0 Å². The van der Waals surface area contributed by atoms with Crippen molar-refractivity contribution in [1.82, 2.24) is 0 Å². The molecule has 0 aliphatic heterocycles. The minimum absolute atomic E-state index is 0.682. The largest absolute Gasteiger partial charge is 0.500 e. The molecule has 206 valence electrons. The van der Waals surface area contributed by atoms with Crippen LogP contribution in [0.2, 0.25) is 6.04 Å². The van der Waals surface area contributed by atoms with Gasteiger partial charge in [-0.15, -0.1) is 0 Å². The van der Waals surface area contributed by atoms with Crippen LogP contribution >= 0.6 is 0 Å². The summed E-state index contributed by atoms with van der Waals surface area (Å²) in [5.74, 6) is 0.682. The van der Waals surface area contributed by atoms with Crippen LogP contribution in [0.5, 0.6) is 0 Å². The average Bonchev–Trinajstić information content (AvgIpc) is 2.69. The molecule has 0 radical (unpaired) electrons. The fourth-order valence-electron chi connectivity index (χ4n) is 2.56. The molecule has 35 heavy (non-hydrogen) atoms. The van der Waals surface area contributed by atoms with Gasteiger partial charge in [-0.3, -0.25) is 0 Å². The van der Waals surface area contributed by atoms with Gasteiger partial charge in [-0.25, -0.2) is 21.4 Å². The monoisotopic (exact) mass is 578 g/mol. The van der Waals surface area contributed by atoms with E-state index in [1.807, 2.05) is 0 Å². The van der Waals surface area contributed by atoms with Gasteiger partial charge in [0.15, 0.2) is 32.4 Å². The van der Waals surface area contributed by atoms with Gasteiger partial charge in [0.2, 0.25) is 0 Å². The van der Waals surface area contributed by atoms with Crippen LogP contribution in [0.4, 0.5) is 26.3 Å². The van der Waals surface area contributed by atoms with Gasteiger partial charge in [0.05, 0.1) is 0 Å². The Morgan fingerprint density at radius 1 is 0.943 bits per heavy atom. The molecule has 0 aliphatic rings. The Labute approximate surface area is 201 Å². The number of rotatable bonds is 11. The maximum absolute atomic E-state index is 11.4. The zero-order chi connectivity index (χ0) is 27.7. The topological polar surface area (TPSA) is 114 Å². The predicted octanol–water partition coefficient (Wildman–Crippen LogP) is 3.50. The van der Waals surface area contributed by atoms with E-state index in [-0.39, 0.29) is 0 Å². The van der Waals surface area contributed by atoms with Crippen LogP contribution in [-0.2, 0) is 46.3 Å². The van der Waals surface area contributed by atoms with Crippen LogP contribution in [0.15, 0.2) is 24.5 Å². The van der Waals surface area contributed by atoms with Crippen LogP contribution in [0.25, 0.3) is 4.13 Å². The number of pyridine rings is 1. The smallest absolute Gasteiger partial charge is 0.421 e. The van der Waals surface area contributed by atoms with E-state index < -0.39 is 39.9 Å². The molecule has 1 rings (SSSR count). The lowest BCUT2D eigenvalue weighted by Crippen LogP contribution is -2.44. The highest BCUT2D eigenvalue weighted by Crippen LogP contribution is 2.36. The van der Waals surface area contributed by atoms with Crippen LogP contribution in [0, 0.1) is 5.92 Å². The first kappa shape index (κ1) is 33.7. The molecular weight excluding hydrogens is 550 g/mol. The molecular formula is C17H28F6N2O7S2Si. The summed E-state index contributed by atoms with van der Waals surface area (Å²) in [5, 5.41) is 0. The van der Waals surface area contributed by atoms with E-state index in [1.165, 1.54) is 5.56 Å². The van der Waals surface area contributed by atoms with Crippen molar-refractivity contribution in [3.05, 3.63) is 34.2 Å². The summed E-state index contributed by atoms with van der Waals surface area (Å²) in [6.45, 7) is 5.44. The molecule has 0 fully saturated rings. The van der Waals surface area contributed by atoms with Gasteiger partial charge in [0.1, 0.15) is 6.54 Å². The maximum Gasteiger partial charge on any atom is 0.500 e. The summed E-state index contributed by atoms with van der Waals surface area (Å²) in [4.78, 5) is 0. The molecule has 0 atom stereocenters. The summed E-state index contributed by atoms with van der Waals surface area (Å²) < 4.78 is 128. The zero-order valence-corrected chi connectivity index (χ0v) is 22.2. The van der Waals surface area contributed by atoms with Gasteiger partial charge in [-0.2, -0.15) is 26.3 Å². The summed E-state index contributed by atoms with van der Waals surface area (Å²) in [7, 11) is -10.9. The lowest BCUT2D eigenvalue weighted by molar-refractivity contribution is -0.697. The van der Waals surface area contributed by atoms with Gasteiger partial charge in [0.25, 0.3) is 0 Å². The first-order valence-corrected chi connectivity index (χ1v) is 14.6. The lowest BCUT2D eigenvalue weighted by atomic mass is 10.1. The zero-order valence-electron chi connectivity index (χ0n) is 19.6. The standard InChI is InChI=1S/C15H28NO3Si.C2F6NO4S2/c1-14(2)12-15-8-6-9-16(13-15)10-7-11-20(17-3,18-4)19-5;3-1(4,5)14(10,11)9-15(12,13)2(6,7)8/h6,8-9,13-14H,7,10-12H2,1-5H3;/q+1;-1. The first-order chi connectivity index (χ1) is 15.8. The van der Waals surface area contributed by atoms with Crippen LogP contribution in [0.1, 0.15) is 25.8 Å². The van der Waals surface area contributed by atoms with E-state index >= 15 is 0 Å². The molecule has 0 saturated heterocycles. The summed E-state index contributed by atoms with van der Waals surface area (Å²) in [6, 6.07) is 5.14. The van der Waals surface area contributed by atoms with Crippen molar-refractivity contribution < 1.29 is 61.0 Å². The van der Waals surface area contributed by atoms with Crippen molar-refractivity contribution in [3.8, 4) is 0 Å². The number of alkyl halides is 6. The molecule has 1 heterocycles. The van der Waals surface area contributed by atoms with E-state index in [1.54, 1.807) is 21.3 Å². The van der Waals surface area contributed by atoms with Crippen molar-refractivity contribution in [1.29, 1.82) is 0 Å². The van der Waals surface area contributed by atoms with E-state index in [9.17, 15) is 43.2 Å². The highest BCUT2D eigenvalue weighted by atomic mass is 32.3. The third-order valence-corrected chi connectivity index (χ3v) is 9.75. The van der Waals surface area contributed by atoms with Crippen molar-refractivity contribution in [2.24, 2.45) is 5.92 Å². The van der Waals surface area contributed by atoms with Crippen molar-refractivity contribution in [2.75, 3.05) is 21.3 Å². The second-order valence-corrected chi connectivity index (χ2v) is 13.9. The van der Waals surface area contributed by atoms with Crippen molar-refractivity contribution >= 4 is 28.9 Å². The molecule has 18 heteroatoms. The molecule has 0 amide bonds. The lowest BCUT2D eigenvalue weighted by Gasteiger charge is -2.23. The van der Waals surface area contributed by atoms with Gasteiger partial charge in [-0.05, 0) is 18.4 Å². The molecule has 1 aromatic heterocycles. The summed E-state index contributed by atoms with van der Waals surface area (Å²) >= 11 is 0. The minimum Gasteiger partial charge on any atom is -0.421 e. The number of aryl methyl sites for hydroxylation is 1. The Kier molecular flexibility index (Phi) is 12.8. The van der Waals surface area contributed by atoms with Crippen molar-refractivity contribution in [2.45, 2.75) is 50.3 Å². The molecule has 0 unspecified atom stereocenters. The van der Waals surface area contributed by atoms with E-state index in [4.69, 9.17) is 13.3 Å². The number of hydrogen-bond donors (Lipinski definition) is 0. The number of aromatic nitrogens is 1. The third kappa shape index (κ3) is 11.1. The highest BCUT2D eigenvalue weighted by molar-refractivity contribution is 8.13. The molecule has 0 aliphatic carbocycles. The number of nitrogens with zero attached hydrogens (tertiary/aromatic N) is 2. The minimum atomic E-state index is -6.72. The van der Waals surface area contributed by atoms with Crippen LogP contribution < -0.4 is 4.57 Å². The fourth-order valence-corrected chi connectivity index (χ4v) is 5.97. The molecule has 0 saturated carbocycles. The Morgan fingerprint density at radius 2 is 1.40 bits per heavy atom. The molecule has 9 nitrogen and oxygen atoms in total. The number of halogens is 6. The van der Waals surface area contributed by atoms with Gasteiger partial charge in [-0.1, -0.05) is 13.8 Å². The Bertz CT molecular complexity index is 949. The average molecular weight is 579 g/mol. The Hall–Kier alpha value is -1.31. The van der Waals surface area contributed by atoms with Gasteiger partial charge in [0, 0.05) is 45.4 Å². The normalized spacial score (nSPS) is 13.5. The quantitative estimate of drug-likeness (QED) is 0.224. The SMILES string of the molecule is CO[Si](CCC[n+]1cccc(CC(C)C)c1)(OC)OC.O=S(=O)([N-]S(=O)(=O)C(F)(F)F)C(F)(F)F. The number of sulfonamides is 2. The molecule has 0 N–H and O–H groups in total. The molecule has 0 bridgehead atoms. The van der Waals surface area contributed by atoms with Gasteiger partial charge >= 0.3 is 19.8 Å². The second kappa shape index (κ2) is 13.3. The van der Waals surface area contributed by atoms with E-state index in [2.05, 4.69) is 42.9 Å². The third-order valence-electron chi connectivity index (χ3n) is 4.18. The highest BCUT2D eigenvalue weighted by Gasteiger charge is 2.47. The predicted molar refractivity (Wildman–Crippen MR) is 115 cm³/mol. The summed E-state index contributed by atoms with van der Waals surface area (Å²) in [5.41, 5.74) is -11.0. The fraction of sp³-hybridized carbons (Fsp3) is 0.706. The number of hydrogen-bond acceptors (Lipinski definition) is 7. The Balaban J connectivity index is 0.000000691. The maximum atomic E-state index is 11.4. The Morgan fingerprint density at radius 3 is 1.77 bits per heavy atom. The molecule has 0 spiro atoms. The second-order valence-electron chi connectivity index (χ2n) is 7.36. The molecule has 1 aromatic rings. The van der Waals surface area contributed by atoms with Gasteiger partial charge < -0.3 is 17.4 Å².